The van der Waals surface area contributed by atoms with E-state index in [-0.39, 0.29) is 6.03 Å². The summed E-state index contributed by atoms with van der Waals surface area (Å²) in [6.45, 7) is 4.28. The molecule has 0 atom stereocenters. The number of rotatable bonds is 4. The predicted molar refractivity (Wildman–Crippen MR) is 110 cm³/mol. The van der Waals surface area contributed by atoms with Gasteiger partial charge in [-0.2, -0.15) is 5.10 Å². The Morgan fingerprint density at radius 1 is 1.08 bits per heavy atom. The quantitative estimate of drug-likeness (QED) is 0.584. The van der Waals surface area contributed by atoms with E-state index in [1.165, 1.54) is 5.56 Å². The fourth-order valence-electron chi connectivity index (χ4n) is 2.64. The molecular formula is C20H21BrN4O. The van der Waals surface area contributed by atoms with Crippen molar-refractivity contribution in [2.45, 2.75) is 19.8 Å². The van der Waals surface area contributed by atoms with Crippen LogP contribution in [0.25, 0.3) is 11.3 Å². The highest BCUT2D eigenvalue weighted by atomic mass is 79.9. The van der Waals surface area contributed by atoms with Gasteiger partial charge in [-0.1, -0.05) is 38.1 Å². The molecule has 3 rings (SSSR count). The Balaban J connectivity index is 1.69. The number of urea groups is 1. The highest BCUT2D eigenvalue weighted by Gasteiger charge is 2.10. The van der Waals surface area contributed by atoms with Crippen LogP contribution in [0, 0.1) is 0 Å². The smallest absolute Gasteiger partial charge is 0.308 e. The summed E-state index contributed by atoms with van der Waals surface area (Å²) < 4.78 is 2.65. The topological polar surface area (TPSA) is 59.0 Å². The number of aromatic nitrogens is 2. The van der Waals surface area contributed by atoms with E-state index in [9.17, 15) is 4.79 Å². The minimum absolute atomic E-state index is 0.278. The van der Waals surface area contributed by atoms with Crippen LogP contribution in [0.4, 0.5) is 16.2 Å². The van der Waals surface area contributed by atoms with Crippen molar-refractivity contribution in [2.75, 3.05) is 10.6 Å². The maximum absolute atomic E-state index is 12.3. The zero-order valence-corrected chi connectivity index (χ0v) is 16.5. The second-order valence-corrected chi connectivity index (χ2v) is 7.29. The van der Waals surface area contributed by atoms with Crippen LogP contribution in [0.5, 0.6) is 0 Å². The van der Waals surface area contributed by atoms with Crippen LogP contribution in [0.3, 0.4) is 0 Å². The molecule has 0 saturated heterocycles. The van der Waals surface area contributed by atoms with Crippen LogP contribution >= 0.6 is 15.9 Å². The third-order valence-corrected chi connectivity index (χ3v) is 4.59. The van der Waals surface area contributed by atoms with Gasteiger partial charge in [0.25, 0.3) is 0 Å². The van der Waals surface area contributed by atoms with E-state index >= 15 is 0 Å². The standard InChI is InChI=1S/C20H21BrN4O/c1-13(2)14-7-9-16(10-8-14)22-20(26)23-17-6-4-5-15(11-17)19-18(21)12-25(3)24-19/h4-13H,1-3H3,(H2,22,23,26). The van der Waals surface area contributed by atoms with E-state index in [1.807, 2.05) is 61.8 Å². The number of hydrogen-bond donors (Lipinski definition) is 2. The molecule has 0 aliphatic heterocycles. The molecule has 0 radical (unpaired) electrons. The maximum Gasteiger partial charge on any atom is 0.323 e. The van der Waals surface area contributed by atoms with Crippen molar-refractivity contribution in [3.8, 4) is 11.3 Å². The Labute approximate surface area is 161 Å². The molecule has 26 heavy (non-hydrogen) atoms. The summed E-state index contributed by atoms with van der Waals surface area (Å²) >= 11 is 3.51. The highest BCUT2D eigenvalue weighted by molar-refractivity contribution is 9.10. The summed E-state index contributed by atoms with van der Waals surface area (Å²) in [6, 6.07) is 15.2. The van der Waals surface area contributed by atoms with Crippen molar-refractivity contribution < 1.29 is 4.79 Å². The minimum Gasteiger partial charge on any atom is -0.308 e. The van der Waals surface area contributed by atoms with Gasteiger partial charge in [-0.25, -0.2) is 4.79 Å². The summed E-state index contributed by atoms with van der Waals surface area (Å²) in [7, 11) is 1.87. The molecule has 6 heteroatoms. The molecule has 0 aliphatic carbocycles. The predicted octanol–water partition coefficient (Wildman–Crippen LogP) is 5.62. The first-order valence-corrected chi connectivity index (χ1v) is 9.19. The van der Waals surface area contributed by atoms with Gasteiger partial charge >= 0.3 is 6.03 Å². The van der Waals surface area contributed by atoms with Gasteiger partial charge in [0.1, 0.15) is 5.69 Å². The number of carbonyl (C=O) groups is 1. The third kappa shape index (κ3) is 4.32. The Bertz CT molecular complexity index is 916. The monoisotopic (exact) mass is 412 g/mol. The summed E-state index contributed by atoms with van der Waals surface area (Å²) in [5.41, 5.74) is 4.47. The normalized spacial score (nSPS) is 10.8. The number of aryl methyl sites for hydroxylation is 1. The van der Waals surface area contributed by atoms with Crippen LogP contribution in [0.2, 0.25) is 0 Å². The lowest BCUT2D eigenvalue weighted by atomic mass is 10.0. The highest BCUT2D eigenvalue weighted by Crippen LogP contribution is 2.28. The number of anilines is 2. The maximum atomic E-state index is 12.3. The van der Waals surface area contributed by atoms with Gasteiger partial charge in [0.2, 0.25) is 0 Å². The summed E-state index contributed by atoms with van der Waals surface area (Å²) in [4.78, 5) is 12.3. The molecule has 3 aromatic rings. The molecule has 0 unspecified atom stereocenters. The molecule has 1 aromatic heterocycles. The first kappa shape index (κ1) is 18.2. The number of nitrogens with one attached hydrogen (secondary N) is 2. The van der Waals surface area contributed by atoms with Gasteiger partial charge in [0, 0.05) is 30.2 Å². The molecule has 134 valence electrons. The Kier molecular flexibility index (Phi) is 5.42. The summed E-state index contributed by atoms with van der Waals surface area (Å²) in [5.74, 6) is 0.464. The zero-order valence-electron chi connectivity index (χ0n) is 15.0. The largest absolute Gasteiger partial charge is 0.323 e. The third-order valence-electron chi connectivity index (χ3n) is 4.01. The van der Waals surface area contributed by atoms with Crippen LogP contribution in [-0.2, 0) is 7.05 Å². The molecule has 5 nitrogen and oxygen atoms in total. The first-order valence-electron chi connectivity index (χ1n) is 8.40. The molecule has 2 N–H and O–H groups in total. The molecule has 0 fully saturated rings. The van der Waals surface area contributed by atoms with Crippen LogP contribution in [0.1, 0.15) is 25.3 Å². The molecule has 2 amide bonds. The molecule has 1 heterocycles. The van der Waals surface area contributed by atoms with Crippen molar-refractivity contribution in [1.29, 1.82) is 0 Å². The second kappa shape index (κ2) is 7.74. The van der Waals surface area contributed by atoms with Gasteiger partial charge in [0.05, 0.1) is 4.47 Å². The minimum atomic E-state index is -0.278. The van der Waals surface area contributed by atoms with E-state index < -0.39 is 0 Å². The van der Waals surface area contributed by atoms with Crippen molar-refractivity contribution in [3.63, 3.8) is 0 Å². The fraction of sp³-hybridized carbons (Fsp3) is 0.200. The molecule has 2 aromatic carbocycles. The summed E-state index contributed by atoms with van der Waals surface area (Å²) in [5, 5.41) is 10.1. The lowest BCUT2D eigenvalue weighted by molar-refractivity contribution is 0.262. The summed E-state index contributed by atoms with van der Waals surface area (Å²) in [6.07, 6.45) is 1.89. The van der Waals surface area contributed by atoms with Gasteiger partial charge in [-0.05, 0) is 51.7 Å². The first-order chi connectivity index (χ1) is 12.4. The van der Waals surface area contributed by atoms with Gasteiger partial charge in [-0.15, -0.1) is 0 Å². The molecule has 0 aliphatic rings. The number of benzene rings is 2. The van der Waals surface area contributed by atoms with Gasteiger partial charge in [0.15, 0.2) is 0 Å². The van der Waals surface area contributed by atoms with Gasteiger partial charge < -0.3 is 10.6 Å². The SMILES string of the molecule is CC(C)c1ccc(NC(=O)Nc2cccc(-c3nn(C)cc3Br)c2)cc1. The van der Waals surface area contributed by atoms with E-state index in [0.717, 1.165) is 21.4 Å². The lowest BCUT2D eigenvalue weighted by Crippen LogP contribution is -2.19. The van der Waals surface area contributed by atoms with Crippen molar-refractivity contribution in [1.82, 2.24) is 9.78 Å². The van der Waals surface area contributed by atoms with E-state index in [0.29, 0.717) is 11.6 Å². The van der Waals surface area contributed by atoms with Crippen LogP contribution < -0.4 is 10.6 Å². The van der Waals surface area contributed by atoms with Crippen LogP contribution in [0.15, 0.2) is 59.2 Å². The molecule has 0 saturated carbocycles. The van der Waals surface area contributed by atoms with Gasteiger partial charge in [-0.3, -0.25) is 4.68 Å². The molecule has 0 spiro atoms. The molecule has 0 bridgehead atoms. The van der Waals surface area contributed by atoms with E-state index in [4.69, 9.17) is 0 Å². The van der Waals surface area contributed by atoms with Crippen molar-refractivity contribution in [2.24, 2.45) is 7.05 Å². The molecular weight excluding hydrogens is 392 g/mol. The van der Waals surface area contributed by atoms with Crippen molar-refractivity contribution in [3.05, 3.63) is 64.8 Å². The Morgan fingerprint density at radius 3 is 2.38 bits per heavy atom. The average Bonchev–Trinajstić information content (AvgIpc) is 2.94. The Hall–Kier alpha value is -2.60. The number of nitrogens with zero attached hydrogens (tertiary/aromatic N) is 2. The number of carbonyl (C=O) groups excluding carboxylic acids is 1. The van der Waals surface area contributed by atoms with E-state index in [1.54, 1.807) is 4.68 Å². The van der Waals surface area contributed by atoms with Crippen molar-refractivity contribution >= 4 is 33.3 Å². The number of halogens is 1. The van der Waals surface area contributed by atoms with E-state index in [2.05, 4.69) is 45.5 Å². The zero-order chi connectivity index (χ0) is 18.7. The lowest BCUT2D eigenvalue weighted by Gasteiger charge is -2.10. The fourth-order valence-corrected chi connectivity index (χ4v) is 3.25. The number of amides is 2. The average molecular weight is 413 g/mol. The second-order valence-electron chi connectivity index (χ2n) is 6.44. The number of hydrogen-bond acceptors (Lipinski definition) is 2. The Morgan fingerprint density at radius 2 is 1.77 bits per heavy atom. The van der Waals surface area contributed by atoms with Crippen LogP contribution in [-0.4, -0.2) is 15.8 Å².